The van der Waals surface area contributed by atoms with E-state index in [1.54, 1.807) is 19.1 Å². The van der Waals surface area contributed by atoms with E-state index in [0.717, 1.165) is 42.7 Å². The molecule has 0 spiro atoms. The largest absolute Gasteiger partial charge is 0.457 e. The topological polar surface area (TPSA) is 84.1 Å². The molecule has 6 nitrogen and oxygen atoms in total. The molecule has 0 bridgehead atoms. The monoisotopic (exact) mass is 421 g/mol. The lowest BCUT2D eigenvalue weighted by Gasteiger charge is -2.16. The normalized spacial score (nSPS) is 13.9. The van der Waals surface area contributed by atoms with Crippen LogP contribution in [0.1, 0.15) is 31.0 Å². The van der Waals surface area contributed by atoms with Gasteiger partial charge in [-0.2, -0.15) is 0 Å². The summed E-state index contributed by atoms with van der Waals surface area (Å²) >= 11 is 1.26. The molecule has 1 aromatic heterocycles. The number of amides is 1. The van der Waals surface area contributed by atoms with Crippen molar-refractivity contribution in [2.24, 2.45) is 0 Å². The van der Waals surface area contributed by atoms with Crippen LogP contribution in [0.2, 0.25) is 0 Å². The summed E-state index contributed by atoms with van der Waals surface area (Å²) in [4.78, 5) is 32.2. The van der Waals surface area contributed by atoms with Gasteiger partial charge in [0.1, 0.15) is 11.5 Å². The number of fused-ring (bicyclic) bond motifs is 1. The van der Waals surface area contributed by atoms with Crippen molar-refractivity contribution in [3.8, 4) is 11.5 Å². The van der Waals surface area contributed by atoms with Crippen molar-refractivity contribution in [1.29, 1.82) is 0 Å². The summed E-state index contributed by atoms with van der Waals surface area (Å²) in [6.07, 6.45) is 3.68. The molecule has 3 aromatic rings. The van der Waals surface area contributed by atoms with E-state index in [1.807, 2.05) is 42.5 Å². The van der Waals surface area contributed by atoms with E-state index >= 15 is 0 Å². The van der Waals surface area contributed by atoms with Gasteiger partial charge in [0.15, 0.2) is 5.16 Å². The molecule has 2 N–H and O–H groups in total. The average molecular weight is 422 g/mol. The predicted octanol–water partition coefficient (Wildman–Crippen LogP) is 4.56. The maximum absolute atomic E-state index is 12.6. The van der Waals surface area contributed by atoms with Gasteiger partial charge in [-0.25, -0.2) is 4.98 Å². The van der Waals surface area contributed by atoms with Crippen LogP contribution in [0.25, 0.3) is 0 Å². The van der Waals surface area contributed by atoms with Crippen LogP contribution in [0, 0.1) is 0 Å². The minimum Gasteiger partial charge on any atom is -0.457 e. The van der Waals surface area contributed by atoms with Gasteiger partial charge in [-0.15, -0.1) is 0 Å². The van der Waals surface area contributed by atoms with Gasteiger partial charge < -0.3 is 15.0 Å². The van der Waals surface area contributed by atoms with Gasteiger partial charge in [-0.1, -0.05) is 30.0 Å². The number of nitrogens with one attached hydrogen (secondary N) is 2. The highest BCUT2D eigenvalue weighted by atomic mass is 32.2. The lowest BCUT2D eigenvalue weighted by Crippen LogP contribution is -2.25. The van der Waals surface area contributed by atoms with Gasteiger partial charge in [0.2, 0.25) is 5.91 Å². The van der Waals surface area contributed by atoms with Crippen LogP contribution >= 0.6 is 11.8 Å². The summed E-state index contributed by atoms with van der Waals surface area (Å²) in [6.45, 7) is 1.80. The molecular weight excluding hydrogens is 398 g/mol. The minimum atomic E-state index is -0.407. The Morgan fingerprint density at radius 3 is 2.53 bits per heavy atom. The molecule has 154 valence electrons. The van der Waals surface area contributed by atoms with Crippen molar-refractivity contribution >= 4 is 23.4 Å². The second-order valence-electron chi connectivity index (χ2n) is 7.19. The Labute approximate surface area is 179 Å². The lowest BCUT2D eigenvalue weighted by molar-refractivity contribution is -0.115. The van der Waals surface area contributed by atoms with E-state index in [4.69, 9.17) is 4.74 Å². The average Bonchev–Trinajstić information content (AvgIpc) is 2.76. The number of benzene rings is 2. The van der Waals surface area contributed by atoms with Gasteiger partial charge >= 0.3 is 0 Å². The Bertz CT molecular complexity index is 1080. The molecule has 2 aromatic carbocycles. The molecule has 30 heavy (non-hydrogen) atoms. The van der Waals surface area contributed by atoms with Crippen LogP contribution in [0.3, 0.4) is 0 Å². The maximum atomic E-state index is 12.6. The standard InChI is InChI=1S/C23H23N3O3S/c1-15(30-23-25-20-10-6-5-9-19(20)22(28)26-23)21(27)24-16-11-13-18(14-12-16)29-17-7-3-2-4-8-17/h2-4,7-8,11-15H,5-6,9-10H2,1H3,(H,24,27)(H,25,26,28). The minimum absolute atomic E-state index is 0.0798. The Morgan fingerprint density at radius 2 is 1.77 bits per heavy atom. The zero-order chi connectivity index (χ0) is 20.9. The number of thioether (sulfide) groups is 1. The number of aryl methyl sites for hydroxylation is 1. The van der Waals surface area contributed by atoms with Crippen molar-refractivity contribution in [1.82, 2.24) is 9.97 Å². The van der Waals surface area contributed by atoms with Crippen LogP contribution in [-0.2, 0) is 17.6 Å². The molecule has 1 aliphatic rings. The van der Waals surface area contributed by atoms with E-state index in [0.29, 0.717) is 16.6 Å². The van der Waals surface area contributed by atoms with Crippen LogP contribution in [0.4, 0.5) is 5.69 Å². The third-order valence-electron chi connectivity index (χ3n) is 4.93. The van der Waals surface area contributed by atoms with Gasteiger partial charge in [0.05, 0.1) is 10.9 Å². The first kappa shape index (κ1) is 20.2. The molecule has 4 rings (SSSR count). The third-order valence-corrected chi connectivity index (χ3v) is 5.91. The fourth-order valence-corrected chi connectivity index (χ4v) is 4.15. The van der Waals surface area contributed by atoms with Crippen LogP contribution in [0.15, 0.2) is 64.5 Å². The second kappa shape index (κ2) is 9.17. The van der Waals surface area contributed by atoms with Gasteiger partial charge in [-0.3, -0.25) is 9.59 Å². The molecule has 1 aliphatic carbocycles. The molecule has 0 fully saturated rings. The highest BCUT2D eigenvalue weighted by Gasteiger charge is 2.20. The number of carbonyl (C=O) groups excluding carboxylic acids is 1. The highest BCUT2D eigenvalue weighted by molar-refractivity contribution is 8.00. The van der Waals surface area contributed by atoms with Gasteiger partial charge in [0, 0.05) is 11.3 Å². The van der Waals surface area contributed by atoms with Crippen molar-refractivity contribution in [3.05, 3.63) is 76.2 Å². The summed E-state index contributed by atoms with van der Waals surface area (Å²) in [7, 11) is 0. The smallest absolute Gasteiger partial charge is 0.254 e. The molecule has 1 amide bonds. The Balaban J connectivity index is 1.36. The molecule has 1 heterocycles. The predicted molar refractivity (Wildman–Crippen MR) is 118 cm³/mol. The van der Waals surface area contributed by atoms with E-state index in [2.05, 4.69) is 15.3 Å². The first-order chi connectivity index (χ1) is 14.6. The van der Waals surface area contributed by atoms with E-state index < -0.39 is 5.25 Å². The van der Waals surface area contributed by atoms with Crippen molar-refractivity contribution in [2.75, 3.05) is 5.32 Å². The van der Waals surface area contributed by atoms with Crippen molar-refractivity contribution in [3.63, 3.8) is 0 Å². The number of anilines is 1. The maximum Gasteiger partial charge on any atom is 0.254 e. The number of aromatic amines is 1. The number of ether oxygens (including phenoxy) is 1. The summed E-state index contributed by atoms with van der Waals surface area (Å²) < 4.78 is 5.76. The summed E-state index contributed by atoms with van der Waals surface area (Å²) in [5.41, 5.74) is 2.26. The van der Waals surface area contributed by atoms with E-state index in [1.165, 1.54) is 11.8 Å². The Kier molecular flexibility index (Phi) is 6.18. The third kappa shape index (κ3) is 4.91. The fourth-order valence-electron chi connectivity index (χ4n) is 3.33. The van der Waals surface area contributed by atoms with Gasteiger partial charge in [-0.05, 0) is 69.0 Å². The van der Waals surface area contributed by atoms with Crippen molar-refractivity contribution < 1.29 is 9.53 Å². The molecule has 0 saturated carbocycles. The quantitative estimate of drug-likeness (QED) is 0.450. The zero-order valence-electron chi connectivity index (χ0n) is 16.7. The van der Waals surface area contributed by atoms with E-state index in [-0.39, 0.29) is 11.5 Å². The van der Waals surface area contributed by atoms with Crippen LogP contribution in [-0.4, -0.2) is 21.1 Å². The molecule has 0 radical (unpaired) electrons. The van der Waals surface area contributed by atoms with Gasteiger partial charge in [0.25, 0.3) is 5.56 Å². The SMILES string of the molecule is CC(Sc1nc2c(c(=O)[nH]1)CCCC2)C(=O)Nc1ccc(Oc2ccccc2)cc1. The number of aromatic nitrogens is 2. The summed E-state index contributed by atoms with van der Waals surface area (Å²) in [6, 6.07) is 16.7. The number of hydrogen-bond acceptors (Lipinski definition) is 5. The molecule has 1 atom stereocenters. The number of carbonyl (C=O) groups is 1. The number of hydrogen-bond donors (Lipinski definition) is 2. The lowest BCUT2D eigenvalue weighted by atomic mass is 9.97. The first-order valence-corrected chi connectivity index (χ1v) is 10.9. The first-order valence-electron chi connectivity index (χ1n) is 10.0. The Hall–Kier alpha value is -3.06. The fraction of sp³-hybridized carbons (Fsp3) is 0.261. The van der Waals surface area contributed by atoms with Crippen LogP contribution < -0.4 is 15.6 Å². The second-order valence-corrected chi connectivity index (χ2v) is 8.52. The molecule has 0 saturated heterocycles. The molecule has 7 heteroatoms. The summed E-state index contributed by atoms with van der Waals surface area (Å²) in [5.74, 6) is 1.29. The number of nitrogens with zero attached hydrogens (tertiary/aromatic N) is 1. The molecule has 0 aliphatic heterocycles. The summed E-state index contributed by atoms with van der Waals surface area (Å²) in [5, 5.41) is 2.98. The molecular formula is C23H23N3O3S. The van der Waals surface area contributed by atoms with E-state index in [9.17, 15) is 9.59 Å². The Morgan fingerprint density at radius 1 is 1.07 bits per heavy atom. The zero-order valence-corrected chi connectivity index (χ0v) is 17.5. The van der Waals surface area contributed by atoms with Crippen LogP contribution in [0.5, 0.6) is 11.5 Å². The highest BCUT2D eigenvalue weighted by Crippen LogP contribution is 2.25. The van der Waals surface area contributed by atoms with Crippen molar-refractivity contribution in [2.45, 2.75) is 43.0 Å². The molecule has 1 unspecified atom stereocenters. The number of para-hydroxylation sites is 1. The number of H-pyrrole nitrogens is 1. The number of rotatable bonds is 6.